The first-order chi connectivity index (χ1) is 17.8. The molecule has 204 valence electrons. The van der Waals surface area contributed by atoms with Gasteiger partial charge in [0.05, 0.1) is 63.4 Å². The first kappa shape index (κ1) is 30.3. The molecule has 0 spiro atoms. The number of carbonyl (C=O) groups is 2. The van der Waals surface area contributed by atoms with E-state index in [9.17, 15) is 14.7 Å². The van der Waals surface area contributed by atoms with Crippen molar-refractivity contribution in [2.75, 3.05) is 70.8 Å². The fourth-order valence-corrected chi connectivity index (χ4v) is 4.35. The molecule has 12 nitrogen and oxygen atoms in total. The van der Waals surface area contributed by atoms with Crippen LogP contribution >= 0.6 is 11.3 Å². The van der Waals surface area contributed by atoms with Crippen molar-refractivity contribution in [2.45, 2.75) is 13.8 Å². The highest BCUT2D eigenvalue weighted by Crippen LogP contribution is 2.37. The second kappa shape index (κ2) is 16.0. The van der Waals surface area contributed by atoms with Crippen LogP contribution in [0.25, 0.3) is 0 Å². The molecule has 0 aliphatic heterocycles. The van der Waals surface area contributed by atoms with Gasteiger partial charge < -0.3 is 40.2 Å². The van der Waals surface area contributed by atoms with E-state index in [1.165, 1.54) is 6.92 Å². The molecule has 0 radical (unpaired) electrons. The Hall–Kier alpha value is -2.94. The van der Waals surface area contributed by atoms with E-state index in [4.69, 9.17) is 30.2 Å². The summed E-state index contributed by atoms with van der Waals surface area (Å²) in [4.78, 5) is 25.5. The molecule has 1 aromatic heterocycles. The Morgan fingerprint density at radius 1 is 0.946 bits per heavy atom. The van der Waals surface area contributed by atoms with Gasteiger partial charge in [0, 0.05) is 18.8 Å². The predicted octanol–water partition coefficient (Wildman–Crippen LogP) is 2.42. The lowest BCUT2D eigenvalue weighted by Crippen LogP contribution is -2.31. The summed E-state index contributed by atoms with van der Waals surface area (Å²) in [6, 6.07) is 5.57. The van der Waals surface area contributed by atoms with Crippen LogP contribution in [-0.4, -0.2) is 93.1 Å². The summed E-state index contributed by atoms with van der Waals surface area (Å²) in [5, 5.41) is 35.6. The number of azo groups is 1. The van der Waals surface area contributed by atoms with E-state index in [0.29, 0.717) is 45.2 Å². The Balaban J connectivity index is 2.14. The molecule has 1 heterocycles. The SMILES string of the molecule is Cc1cc(N(CCOCCO)CCOCCOCCO)ccc1N=Nc1sc(C(N)=O)c(C)c1C(=O)O. The topological polar surface area (TPSA) is 176 Å². The number of ether oxygens (including phenoxy) is 3. The van der Waals surface area contributed by atoms with Crippen LogP contribution in [0.3, 0.4) is 0 Å². The second-order valence-corrected chi connectivity index (χ2v) is 8.85. The van der Waals surface area contributed by atoms with E-state index in [1.54, 1.807) is 6.07 Å². The van der Waals surface area contributed by atoms with Crippen molar-refractivity contribution in [3.8, 4) is 0 Å². The zero-order chi connectivity index (χ0) is 27.2. The number of aromatic carboxylic acids is 1. The number of primary amides is 1. The number of anilines is 1. The monoisotopic (exact) mass is 538 g/mol. The van der Waals surface area contributed by atoms with Gasteiger partial charge in [0.2, 0.25) is 0 Å². The number of benzene rings is 1. The van der Waals surface area contributed by atoms with Crippen molar-refractivity contribution in [1.82, 2.24) is 0 Å². The summed E-state index contributed by atoms with van der Waals surface area (Å²) in [5.74, 6) is -1.92. The van der Waals surface area contributed by atoms with Crippen LogP contribution < -0.4 is 10.6 Å². The van der Waals surface area contributed by atoms with E-state index >= 15 is 0 Å². The molecule has 0 atom stereocenters. The number of aliphatic hydroxyl groups is 2. The Kier molecular flexibility index (Phi) is 13.1. The molecule has 0 aliphatic carbocycles. The first-order valence-electron chi connectivity index (χ1n) is 11.7. The average molecular weight is 539 g/mol. The molecule has 13 heteroatoms. The average Bonchev–Trinajstić information content (AvgIpc) is 3.20. The number of carboxylic acids is 1. The Morgan fingerprint density at radius 3 is 2.08 bits per heavy atom. The Bertz CT molecular complexity index is 1060. The molecular weight excluding hydrogens is 504 g/mol. The summed E-state index contributed by atoms with van der Waals surface area (Å²) < 4.78 is 16.2. The Labute approximate surface area is 219 Å². The fraction of sp³-hybridized carbons (Fsp3) is 0.500. The molecule has 37 heavy (non-hydrogen) atoms. The standard InChI is InChI=1S/C24H34N4O8S/c1-16-15-18(28(5-9-34-11-7-29)6-10-35-13-14-36-12-8-30)3-4-19(16)26-27-23-20(24(32)33)17(2)21(37-23)22(25)31/h3-4,15,29-30H,5-14H2,1-2H3,(H2,25,31)(H,32,33). The first-order valence-corrected chi connectivity index (χ1v) is 12.5. The highest BCUT2D eigenvalue weighted by molar-refractivity contribution is 7.18. The van der Waals surface area contributed by atoms with Gasteiger partial charge in [-0.3, -0.25) is 4.79 Å². The summed E-state index contributed by atoms with van der Waals surface area (Å²) in [6.07, 6.45) is 0. The van der Waals surface area contributed by atoms with Crippen LogP contribution in [0.5, 0.6) is 0 Å². The van der Waals surface area contributed by atoms with E-state index < -0.39 is 11.9 Å². The molecule has 1 aromatic carbocycles. The molecule has 0 bridgehead atoms. The van der Waals surface area contributed by atoms with E-state index in [-0.39, 0.29) is 47.4 Å². The number of nitrogens with two attached hydrogens (primary N) is 1. The number of thiophene rings is 1. The Morgan fingerprint density at radius 2 is 1.54 bits per heavy atom. The van der Waals surface area contributed by atoms with Crippen LogP contribution in [-0.2, 0) is 14.2 Å². The summed E-state index contributed by atoms with van der Waals surface area (Å²) in [5.41, 5.74) is 7.78. The highest BCUT2D eigenvalue weighted by Gasteiger charge is 2.23. The van der Waals surface area contributed by atoms with Crippen molar-refractivity contribution < 1.29 is 39.1 Å². The van der Waals surface area contributed by atoms with Gasteiger partial charge in [0.25, 0.3) is 5.91 Å². The zero-order valence-corrected chi connectivity index (χ0v) is 21.8. The van der Waals surface area contributed by atoms with Gasteiger partial charge in [-0.25, -0.2) is 4.79 Å². The number of hydrogen-bond acceptors (Lipinski definition) is 11. The molecule has 0 aliphatic rings. The molecule has 5 N–H and O–H groups in total. The summed E-state index contributed by atoms with van der Waals surface area (Å²) >= 11 is 0.895. The quantitative estimate of drug-likeness (QED) is 0.164. The smallest absolute Gasteiger partial charge is 0.339 e. The fourth-order valence-electron chi connectivity index (χ4n) is 3.38. The predicted molar refractivity (Wildman–Crippen MR) is 139 cm³/mol. The summed E-state index contributed by atoms with van der Waals surface area (Å²) in [7, 11) is 0. The number of rotatable bonds is 18. The lowest BCUT2D eigenvalue weighted by atomic mass is 10.1. The minimum atomic E-state index is -1.21. The third-order valence-electron chi connectivity index (χ3n) is 5.21. The highest BCUT2D eigenvalue weighted by atomic mass is 32.1. The van der Waals surface area contributed by atoms with Crippen molar-refractivity contribution >= 4 is 39.6 Å². The molecule has 0 unspecified atom stereocenters. The van der Waals surface area contributed by atoms with Crippen LogP contribution in [0, 0.1) is 13.8 Å². The van der Waals surface area contributed by atoms with Gasteiger partial charge in [-0.05, 0) is 43.2 Å². The lowest BCUT2D eigenvalue weighted by molar-refractivity contribution is 0.0347. The van der Waals surface area contributed by atoms with Gasteiger partial charge in [0.1, 0.15) is 5.56 Å². The van der Waals surface area contributed by atoms with Crippen LogP contribution in [0.4, 0.5) is 16.4 Å². The largest absolute Gasteiger partial charge is 0.478 e. The number of nitrogens with zero attached hydrogens (tertiary/aromatic N) is 3. The molecular formula is C24H34N4O8S. The van der Waals surface area contributed by atoms with E-state index in [1.807, 2.05) is 19.1 Å². The maximum atomic E-state index is 11.7. The number of amides is 1. The second-order valence-electron chi connectivity index (χ2n) is 7.85. The van der Waals surface area contributed by atoms with Crippen molar-refractivity contribution in [2.24, 2.45) is 16.0 Å². The van der Waals surface area contributed by atoms with Gasteiger partial charge >= 0.3 is 5.97 Å². The lowest BCUT2D eigenvalue weighted by Gasteiger charge is -2.25. The molecule has 0 saturated heterocycles. The molecule has 2 aromatic rings. The third-order valence-corrected chi connectivity index (χ3v) is 6.40. The van der Waals surface area contributed by atoms with Gasteiger partial charge in [-0.2, -0.15) is 0 Å². The van der Waals surface area contributed by atoms with Crippen LogP contribution in [0.15, 0.2) is 28.4 Å². The molecule has 1 amide bonds. The van der Waals surface area contributed by atoms with E-state index in [0.717, 1.165) is 22.6 Å². The van der Waals surface area contributed by atoms with E-state index in [2.05, 4.69) is 15.1 Å². The van der Waals surface area contributed by atoms with Crippen LogP contribution in [0.1, 0.15) is 31.2 Å². The van der Waals surface area contributed by atoms with Gasteiger partial charge in [0.15, 0.2) is 5.00 Å². The summed E-state index contributed by atoms with van der Waals surface area (Å²) in [6.45, 7) is 6.63. The third kappa shape index (κ3) is 9.46. The normalized spacial score (nSPS) is 11.4. The maximum absolute atomic E-state index is 11.7. The molecule has 2 rings (SSSR count). The van der Waals surface area contributed by atoms with Gasteiger partial charge in [-0.1, -0.05) is 0 Å². The number of carboxylic acid groups (broad SMARTS) is 1. The molecule has 0 fully saturated rings. The maximum Gasteiger partial charge on any atom is 0.339 e. The minimum Gasteiger partial charge on any atom is -0.478 e. The van der Waals surface area contributed by atoms with Crippen LogP contribution in [0.2, 0.25) is 0 Å². The number of aryl methyl sites for hydroxylation is 1. The number of carbonyl (C=O) groups excluding carboxylic acids is 1. The van der Waals surface area contributed by atoms with Crippen molar-refractivity contribution in [3.63, 3.8) is 0 Å². The van der Waals surface area contributed by atoms with Crippen molar-refractivity contribution in [3.05, 3.63) is 39.8 Å². The minimum absolute atomic E-state index is 0.0291. The van der Waals surface area contributed by atoms with Crippen molar-refractivity contribution in [1.29, 1.82) is 0 Å². The number of hydrogen-bond donors (Lipinski definition) is 4. The number of aliphatic hydroxyl groups excluding tert-OH is 2. The van der Waals surface area contributed by atoms with Gasteiger partial charge in [-0.15, -0.1) is 21.6 Å². The molecule has 0 saturated carbocycles. The zero-order valence-electron chi connectivity index (χ0n) is 21.0.